The molecule has 0 unspecified atom stereocenters. The number of azo groups is 2. The van der Waals surface area contributed by atoms with Crippen LogP contribution < -0.4 is 9.64 Å². The molecule has 2 heterocycles. The van der Waals surface area contributed by atoms with Crippen molar-refractivity contribution in [1.82, 2.24) is 4.98 Å². The Labute approximate surface area is 330 Å². The summed E-state index contributed by atoms with van der Waals surface area (Å²) in [6.07, 6.45) is 10.0. The summed E-state index contributed by atoms with van der Waals surface area (Å²) in [4.78, 5) is 29.9. The molecule has 0 N–H and O–H groups in total. The highest BCUT2D eigenvalue weighted by molar-refractivity contribution is 7.30. The number of carbonyl (C=O) groups excluding carboxylic acids is 2. The van der Waals surface area contributed by atoms with Crippen LogP contribution in [-0.4, -0.2) is 49.8 Å². The van der Waals surface area contributed by atoms with E-state index in [1.165, 1.54) is 41.6 Å². The molecule has 0 aliphatic heterocycles. The molecular weight excluding hydrogens is 733 g/mol. The summed E-state index contributed by atoms with van der Waals surface area (Å²) in [5.74, 6) is 0.101. The summed E-state index contributed by atoms with van der Waals surface area (Å²) in [5.41, 5.74) is 4.68. The van der Waals surface area contributed by atoms with Gasteiger partial charge >= 0.3 is 11.9 Å². The number of carbonyl (C=O) groups is 2. The lowest BCUT2D eigenvalue weighted by Gasteiger charge is -2.22. The Bertz CT molecular complexity index is 2010. The molecule has 55 heavy (non-hydrogen) atoms. The van der Waals surface area contributed by atoms with Crippen molar-refractivity contribution in [1.29, 1.82) is 0 Å². The van der Waals surface area contributed by atoms with Gasteiger partial charge in [0.05, 0.1) is 35.8 Å². The number of benzene rings is 3. The SMILES string of the molecule is C=CC(=O)OCCCCCCCCCOc1ccc(-c2ccc(N=Nc3cc4sc(N=Nc5ccc(N(CC)CCOC(=O)C=C)cc5)nc4s3)cc2)cc1. The van der Waals surface area contributed by atoms with Gasteiger partial charge in [-0.1, -0.05) is 92.2 Å². The number of hydrogen-bond acceptors (Lipinski definition) is 13. The Hall–Kier alpha value is -5.53. The molecule has 0 bridgehead atoms. The number of thiazole rings is 1. The van der Waals surface area contributed by atoms with Crippen LogP contribution in [0.15, 0.2) is 125 Å². The number of unbranched alkanes of at least 4 members (excludes halogenated alkanes) is 6. The van der Waals surface area contributed by atoms with Gasteiger partial charge in [-0.25, -0.2) is 14.6 Å². The highest BCUT2D eigenvalue weighted by Crippen LogP contribution is 2.39. The topological polar surface area (TPSA) is 127 Å². The number of esters is 2. The summed E-state index contributed by atoms with van der Waals surface area (Å²) in [6, 6.07) is 25.9. The van der Waals surface area contributed by atoms with E-state index in [0.717, 1.165) is 87.5 Å². The average molecular weight is 779 g/mol. The second kappa shape index (κ2) is 22.0. The molecule has 0 saturated heterocycles. The maximum absolute atomic E-state index is 11.3. The summed E-state index contributed by atoms with van der Waals surface area (Å²) >= 11 is 2.92. The Morgan fingerprint density at radius 1 is 0.691 bits per heavy atom. The largest absolute Gasteiger partial charge is 0.494 e. The Kier molecular flexibility index (Phi) is 16.3. The lowest BCUT2D eigenvalue weighted by molar-refractivity contribution is -0.138. The van der Waals surface area contributed by atoms with Crippen molar-refractivity contribution in [2.45, 2.75) is 51.9 Å². The van der Waals surface area contributed by atoms with E-state index in [0.29, 0.717) is 30.6 Å². The van der Waals surface area contributed by atoms with E-state index < -0.39 is 5.97 Å². The van der Waals surface area contributed by atoms with Crippen molar-refractivity contribution < 1.29 is 23.8 Å². The standard InChI is InChI=1S/C42H46N6O5S2/c1-4-39(49)52-28-13-11-9-7-8-10-12-27-51-36-24-16-32(17-25-36)31-14-18-33(19-15-31)44-46-38-30-37-41(55-38)43-42(54-37)47-45-34-20-22-35(23-21-34)48(6-3)26-29-53-40(50)5-2/h4-5,14-25,30H,1-2,6-13,26-29H2,3H3. The Morgan fingerprint density at radius 2 is 1.25 bits per heavy atom. The van der Waals surface area contributed by atoms with Crippen LogP contribution in [0.5, 0.6) is 5.75 Å². The van der Waals surface area contributed by atoms with Crippen molar-refractivity contribution in [2.24, 2.45) is 20.5 Å². The van der Waals surface area contributed by atoms with Gasteiger partial charge in [0.15, 0.2) is 0 Å². The van der Waals surface area contributed by atoms with Gasteiger partial charge in [0.2, 0.25) is 5.13 Å². The fraction of sp³-hybridized carbons (Fsp3) is 0.310. The molecule has 0 saturated carbocycles. The molecule has 5 rings (SSSR count). The third kappa shape index (κ3) is 13.4. The molecule has 0 aliphatic carbocycles. The lowest BCUT2D eigenvalue weighted by atomic mass is 10.1. The molecule has 0 amide bonds. The minimum Gasteiger partial charge on any atom is -0.494 e. The minimum atomic E-state index is -0.424. The zero-order chi connectivity index (χ0) is 38.7. The number of likely N-dealkylation sites (N-methyl/N-ethyl adjacent to an activating group) is 1. The number of rotatable bonds is 23. The highest BCUT2D eigenvalue weighted by atomic mass is 32.1. The lowest BCUT2D eigenvalue weighted by Crippen LogP contribution is -2.27. The third-order valence-electron chi connectivity index (χ3n) is 8.47. The van der Waals surface area contributed by atoms with Crippen LogP contribution in [0.3, 0.4) is 0 Å². The molecule has 2 aromatic heterocycles. The predicted molar refractivity (Wildman–Crippen MR) is 222 cm³/mol. The zero-order valence-electron chi connectivity index (χ0n) is 31.1. The molecule has 286 valence electrons. The summed E-state index contributed by atoms with van der Waals surface area (Å²) in [7, 11) is 0. The first-order valence-electron chi connectivity index (χ1n) is 18.4. The second-order valence-electron chi connectivity index (χ2n) is 12.4. The molecule has 13 heteroatoms. The molecule has 11 nitrogen and oxygen atoms in total. The molecule has 0 atom stereocenters. The molecule has 0 fully saturated rings. The molecule has 0 radical (unpaired) electrons. The number of thiophene rings is 1. The van der Waals surface area contributed by atoms with Gasteiger partial charge in [0, 0.05) is 24.4 Å². The molecule has 0 spiro atoms. The van der Waals surface area contributed by atoms with Crippen molar-refractivity contribution in [3.8, 4) is 16.9 Å². The normalized spacial score (nSPS) is 11.3. The maximum Gasteiger partial charge on any atom is 0.330 e. The first-order valence-corrected chi connectivity index (χ1v) is 20.1. The quantitative estimate of drug-likeness (QED) is 0.0279. The first kappa shape index (κ1) is 40.7. The number of anilines is 1. The molecule has 3 aromatic carbocycles. The van der Waals surface area contributed by atoms with Crippen molar-refractivity contribution in [3.05, 3.63) is 104 Å². The fourth-order valence-corrected chi connectivity index (χ4v) is 7.35. The van der Waals surface area contributed by atoms with Gasteiger partial charge in [0.1, 0.15) is 22.2 Å². The van der Waals surface area contributed by atoms with E-state index in [2.05, 4.69) is 55.6 Å². The van der Waals surface area contributed by atoms with Gasteiger partial charge in [-0.05, 0) is 85.5 Å². The summed E-state index contributed by atoms with van der Waals surface area (Å²) in [5, 5.41) is 18.9. The van der Waals surface area contributed by atoms with E-state index in [1.807, 2.05) is 73.7 Å². The van der Waals surface area contributed by atoms with E-state index in [1.54, 1.807) is 0 Å². The van der Waals surface area contributed by atoms with Gasteiger partial charge in [0.25, 0.3) is 0 Å². The molecule has 0 aliphatic rings. The van der Waals surface area contributed by atoms with E-state index in [-0.39, 0.29) is 12.6 Å². The average Bonchev–Trinajstić information content (AvgIpc) is 3.79. The number of fused-ring (bicyclic) bond motifs is 1. The van der Waals surface area contributed by atoms with Crippen LogP contribution in [-0.2, 0) is 19.1 Å². The number of nitrogens with zero attached hydrogens (tertiary/aromatic N) is 6. The number of ether oxygens (including phenoxy) is 3. The second-order valence-corrected chi connectivity index (χ2v) is 14.4. The van der Waals surface area contributed by atoms with Crippen LogP contribution in [0.4, 0.5) is 27.2 Å². The van der Waals surface area contributed by atoms with Crippen LogP contribution in [0.25, 0.3) is 20.7 Å². The molecular formula is C42H46N6O5S2. The number of aromatic nitrogens is 1. The summed E-state index contributed by atoms with van der Waals surface area (Å²) in [6.45, 7) is 11.7. The summed E-state index contributed by atoms with van der Waals surface area (Å²) < 4.78 is 17.0. The molecule has 5 aromatic rings. The smallest absolute Gasteiger partial charge is 0.330 e. The van der Waals surface area contributed by atoms with Crippen molar-refractivity contribution in [2.75, 3.05) is 37.8 Å². The van der Waals surface area contributed by atoms with Crippen LogP contribution >= 0.6 is 22.7 Å². The fourth-order valence-electron chi connectivity index (χ4n) is 5.50. The van der Waals surface area contributed by atoms with Crippen LogP contribution in [0, 0.1) is 0 Å². The third-order valence-corrected chi connectivity index (χ3v) is 10.4. The minimum absolute atomic E-state index is 0.288. The first-order chi connectivity index (χ1) is 26.9. The van der Waals surface area contributed by atoms with E-state index in [9.17, 15) is 9.59 Å². The van der Waals surface area contributed by atoms with Gasteiger partial charge < -0.3 is 19.1 Å². The zero-order valence-corrected chi connectivity index (χ0v) is 32.7. The van der Waals surface area contributed by atoms with Gasteiger partial charge in [-0.2, -0.15) is 0 Å². The van der Waals surface area contributed by atoms with Gasteiger partial charge in [-0.15, -0.1) is 20.5 Å². The predicted octanol–water partition coefficient (Wildman–Crippen LogP) is 12.2. The monoisotopic (exact) mass is 778 g/mol. The van der Waals surface area contributed by atoms with Gasteiger partial charge in [-0.3, -0.25) is 0 Å². The van der Waals surface area contributed by atoms with Crippen LogP contribution in [0.2, 0.25) is 0 Å². The van der Waals surface area contributed by atoms with E-state index >= 15 is 0 Å². The Morgan fingerprint density at radius 3 is 1.87 bits per heavy atom. The van der Waals surface area contributed by atoms with Crippen molar-refractivity contribution in [3.63, 3.8) is 0 Å². The van der Waals surface area contributed by atoms with Crippen LogP contribution in [0.1, 0.15) is 51.9 Å². The van der Waals surface area contributed by atoms with E-state index in [4.69, 9.17) is 14.2 Å². The number of hydrogen-bond donors (Lipinski definition) is 0. The maximum atomic E-state index is 11.3. The highest BCUT2D eigenvalue weighted by Gasteiger charge is 2.10. The Balaban J connectivity index is 1.02. The van der Waals surface area contributed by atoms with Crippen molar-refractivity contribution >= 4 is 71.3 Å².